The van der Waals surface area contributed by atoms with Gasteiger partial charge in [0.25, 0.3) is 0 Å². The number of hydrogen-bond acceptors (Lipinski definition) is 9. The second kappa shape index (κ2) is 17.6. The Bertz CT molecular complexity index is 2040. The van der Waals surface area contributed by atoms with E-state index in [-0.39, 0.29) is 25.8 Å². The average molecular weight is 797 g/mol. The molecule has 2 N–H and O–H groups in total. The van der Waals surface area contributed by atoms with Gasteiger partial charge in [-0.3, -0.25) is 28.8 Å². The summed E-state index contributed by atoms with van der Waals surface area (Å²) < 4.78 is 17.1. The Balaban J connectivity index is 1.43. The molecule has 0 aliphatic carbocycles. The fourth-order valence-electron chi connectivity index (χ4n) is 7.90. The van der Waals surface area contributed by atoms with E-state index < -0.39 is 71.7 Å². The summed E-state index contributed by atoms with van der Waals surface area (Å²) in [6.07, 6.45) is 1.09. The summed E-state index contributed by atoms with van der Waals surface area (Å²) in [4.78, 5) is 91.5. The number of methoxy groups -OCH3 is 2. The molecule has 6 bridgehead atoms. The Morgan fingerprint density at radius 3 is 1.93 bits per heavy atom. The van der Waals surface area contributed by atoms with E-state index in [4.69, 9.17) is 14.2 Å². The second-order valence-electron chi connectivity index (χ2n) is 15.2. The fraction of sp³-hybridized carbons (Fsp3) is 0.442. The van der Waals surface area contributed by atoms with Gasteiger partial charge < -0.3 is 44.4 Å². The number of ether oxygens (including phenoxy) is 3. The lowest BCUT2D eigenvalue weighted by Gasteiger charge is -2.37. The lowest BCUT2D eigenvalue weighted by Crippen LogP contribution is -2.61. The van der Waals surface area contributed by atoms with Crippen molar-refractivity contribution in [2.24, 2.45) is 0 Å². The minimum absolute atomic E-state index is 0.0228. The van der Waals surface area contributed by atoms with Crippen LogP contribution in [-0.4, -0.2) is 133 Å². The van der Waals surface area contributed by atoms with E-state index in [0.717, 1.165) is 5.56 Å². The van der Waals surface area contributed by atoms with Crippen molar-refractivity contribution in [3.63, 3.8) is 0 Å². The fourth-order valence-corrected chi connectivity index (χ4v) is 7.90. The molecule has 3 aromatic carbocycles. The molecule has 6 atom stereocenters. The highest BCUT2D eigenvalue weighted by atomic mass is 16.5. The molecule has 3 aromatic rings. The van der Waals surface area contributed by atoms with Crippen LogP contribution >= 0.6 is 0 Å². The van der Waals surface area contributed by atoms with Gasteiger partial charge in [-0.2, -0.15) is 0 Å². The number of nitrogens with zero attached hydrogens (tertiary/aromatic N) is 4. The predicted molar refractivity (Wildman–Crippen MR) is 213 cm³/mol. The molecule has 15 heteroatoms. The molecule has 2 saturated heterocycles. The molecule has 0 radical (unpaired) electrons. The first-order chi connectivity index (χ1) is 27.7. The first kappa shape index (κ1) is 41.5. The highest BCUT2D eigenvalue weighted by molar-refractivity contribution is 5.98. The van der Waals surface area contributed by atoms with Crippen molar-refractivity contribution in [1.82, 2.24) is 30.2 Å². The van der Waals surface area contributed by atoms with Crippen molar-refractivity contribution < 1.29 is 43.0 Å². The van der Waals surface area contributed by atoms with Crippen LogP contribution in [0.25, 0.3) is 0 Å². The number of rotatable bonds is 4. The minimum atomic E-state index is -1.14. The molecular weight excluding hydrogens is 745 g/mol. The van der Waals surface area contributed by atoms with Crippen LogP contribution < -0.4 is 24.8 Å². The van der Waals surface area contributed by atoms with E-state index in [0.29, 0.717) is 47.0 Å². The zero-order valence-electron chi connectivity index (χ0n) is 34.0. The Morgan fingerprint density at radius 1 is 0.655 bits per heavy atom. The number of fused-ring (bicyclic) bond motifs is 3. The maximum Gasteiger partial charge on any atom is 0.246 e. The number of hydrogen-bond donors (Lipinski definition) is 2. The molecule has 4 aliphatic heterocycles. The van der Waals surface area contributed by atoms with Gasteiger partial charge in [0.2, 0.25) is 35.4 Å². The van der Waals surface area contributed by atoms with Crippen molar-refractivity contribution in [3.05, 3.63) is 83.4 Å². The molecule has 0 aromatic heterocycles. The van der Waals surface area contributed by atoms with Gasteiger partial charge in [0, 0.05) is 47.0 Å². The van der Waals surface area contributed by atoms with Gasteiger partial charge in [-0.15, -0.1) is 0 Å². The summed E-state index contributed by atoms with van der Waals surface area (Å²) in [5.74, 6) is -1.17. The average Bonchev–Trinajstić information content (AvgIpc) is 3.72. The van der Waals surface area contributed by atoms with Gasteiger partial charge >= 0.3 is 0 Å². The third-order valence-corrected chi connectivity index (χ3v) is 11.4. The van der Waals surface area contributed by atoms with Crippen molar-refractivity contribution in [3.8, 4) is 23.0 Å². The molecule has 15 nitrogen and oxygen atoms in total. The van der Waals surface area contributed by atoms with E-state index in [2.05, 4.69) is 10.6 Å². The van der Waals surface area contributed by atoms with Crippen molar-refractivity contribution >= 4 is 35.4 Å². The van der Waals surface area contributed by atoms with Crippen LogP contribution in [-0.2, 0) is 48.0 Å². The van der Waals surface area contributed by atoms with Crippen molar-refractivity contribution in [2.45, 2.75) is 82.2 Å². The third kappa shape index (κ3) is 8.72. The van der Waals surface area contributed by atoms with Crippen LogP contribution in [0.3, 0.4) is 0 Å². The Labute approximate surface area is 338 Å². The molecular formula is C43H52N6O9. The summed E-state index contributed by atoms with van der Waals surface area (Å²) >= 11 is 0. The van der Waals surface area contributed by atoms with E-state index >= 15 is 0 Å². The second-order valence-corrected chi connectivity index (χ2v) is 15.2. The van der Waals surface area contributed by atoms with Crippen molar-refractivity contribution in [1.29, 1.82) is 0 Å². The van der Waals surface area contributed by atoms with Gasteiger partial charge in [-0.25, -0.2) is 0 Å². The Hall–Kier alpha value is -6.12. The number of likely N-dealkylation sites (N-methyl/N-ethyl adjacent to an activating group) is 3. The third-order valence-electron chi connectivity index (χ3n) is 11.4. The SMILES string of the molecule is COc1ccc(C[C@H]2C(=O)N[C@@H](C)C(=O)N(C)[C@H]3Cc4ccc(cc4)Oc4cc(ccc4OC)C[C@@H](C(=O)N[C@H](C)C(=O)N4CCC[C@H]4C(=O)N2C)N(C)C3=O)cc1. The topological polar surface area (TPSA) is 167 Å². The molecule has 2 fully saturated rings. The molecule has 58 heavy (non-hydrogen) atoms. The molecule has 6 amide bonds. The Morgan fingerprint density at radius 2 is 1.26 bits per heavy atom. The molecule has 0 unspecified atom stereocenters. The lowest BCUT2D eigenvalue weighted by atomic mass is 9.98. The highest BCUT2D eigenvalue weighted by Crippen LogP contribution is 2.34. The number of nitrogens with one attached hydrogen (secondary N) is 2. The number of carbonyl (C=O) groups is 6. The molecule has 0 saturated carbocycles. The van der Waals surface area contributed by atoms with E-state index in [1.54, 1.807) is 80.8 Å². The normalized spacial score (nSPS) is 25.0. The van der Waals surface area contributed by atoms with Crippen LogP contribution in [0.5, 0.6) is 23.0 Å². The van der Waals surface area contributed by atoms with E-state index in [1.807, 2.05) is 0 Å². The highest BCUT2D eigenvalue weighted by Gasteiger charge is 2.43. The first-order valence-corrected chi connectivity index (χ1v) is 19.5. The molecule has 0 spiro atoms. The molecule has 4 heterocycles. The number of amides is 6. The summed E-state index contributed by atoms with van der Waals surface area (Å²) in [7, 11) is 7.58. The van der Waals surface area contributed by atoms with Gasteiger partial charge in [-0.05, 0) is 79.8 Å². The maximum absolute atomic E-state index is 14.8. The van der Waals surface area contributed by atoms with Gasteiger partial charge in [-0.1, -0.05) is 30.3 Å². The van der Waals surface area contributed by atoms with E-state index in [1.165, 1.54) is 54.8 Å². The van der Waals surface area contributed by atoms with Crippen LogP contribution in [0.4, 0.5) is 0 Å². The summed E-state index contributed by atoms with van der Waals surface area (Å²) in [6, 6.07) is 13.0. The summed E-state index contributed by atoms with van der Waals surface area (Å²) in [5.41, 5.74) is 2.08. The first-order valence-electron chi connectivity index (χ1n) is 19.5. The zero-order valence-corrected chi connectivity index (χ0v) is 34.0. The van der Waals surface area contributed by atoms with Crippen molar-refractivity contribution in [2.75, 3.05) is 41.9 Å². The minimum Gasteiger partial charge on any atom is -0.497 e. The Kier molecular flexibility index (Phi) is 12.6. The summed E-state index contributed by atoms with van der Waals surface area (Å²) in [5, 5.41) is 5.66. The monoisotopic (exact) mass is 796 g/mol. The van der Waals surface area contributed by atoms with Crippen LogP contribution in [0.15, 0.2) is 66.7 Å². The smallest absolute Gasteiger partial charge is 0.246 e. The predicted octanol–water partition coefficient (Wildman–Crippen LogP) is 2.33. The van der Waals surface area contributed by atoms with Gasteiger partial charge in [0.1, 0.15) is 47.8 Å². The van der Waals surface area contributed by atoms with Crippen LogP contribution in [0.1, 0.15) is 43.4 Å². The summed E-state index contributed by atoms with van der Waals surface area (Å²) in [6.45, 7) is 3.35. The van der Waals surface area contributed by atoms with Gasteiger partial charge in [0.15, 0.2) is 11.5 Å². The van der Waals surface area contributed by atoms with Crippen LogP contribution in [0.2, 0.25) is 0 Å². The molecule has 4 aliphatic rings. The quantitative estimate of drug-likeness (QED) is 0.403. The van der Waals surface area contributed by atoms with Crippen LogP contribution in [0, 0.1) is 0 Å². The molecule has 308 valence electrons. The lowest BCUT2D eigenvalue weighted by molar-refractivity contribution is -0.151. The number of benzene rings is 3. The molecule has 7 rings (SSSR count). The van der Waals surface area contributed by atoms with E-state index in [9.17, 15) is 28.8 Å². The number of carbonyl (C=O) groups excluding carboxylic acids is 6. The van der Waals surface area contributed by atoms with Gasteiger partial charge in [0.05, 0.1) is 14.2 Å². The standard InChI is InChI=1S/C43H52N6O9/c1-25-40(52)48(5)35-22-28-12-17-31(18-13-28)58-37-24-29(14-19-36(37)57-7)23-34(47(4)43(35)55)39(51)45-26(2)41(53)49-20-8-9-32(49)42(54)46(3)33(38(50)44-25)21-27-10-15-30(56-6)16-11-27/h10-19,24-26,32-35H,8-9,20-23H2,1-7H3,(H,44,50)(H,45,51)/t25-,26+,32-,33-,34-,35-/m0/s1. The maximum atomic E-state index is 14.8. The zero-order chi connectivity index (χ0) is 41.8. The largest absolute Gasteiger partial charge is 0.497 e.